The lowest BCUT2D eigenvalue weighted by atomic mass is 9.96. The summed E-state index contributed by atoms with van der Waals surface area (Å²) in [6.07, 6.45) is 0.760. The lowest BCUT2D eigenvalue weighted by molar-refractivity contribution is -0.138. The molecule has 0 saturated carbocycles. The fourth-order valence-electron chi connectivity index (χ4n) is 8.65. The molecule has 16 nitrogen and oxygen atoms in total. The minimum absolute atomic E-state index is 0.00818. The second-order valence-electron chi connectivity index (χ2n) is 17.2. The van der Waals surface area contributed by atoms with Gasteiger partial charge < -0.3 is 20.2 Å². The first-order valence-corrected chi connectivity index (χ1v) is 22.0. The van der Waals surface area contributed by atoms with Crippen molar-refractivity contribution in [3.63, 3.8) is 0 Å². The lowest BCUT2D eigenvalue weighted by Gasteiger charge is -2.40. The summed E-state index contributed by atoms with van der Waals surface area (Å²) in [5, 5.41) is 19.1. The molecule has 4 N–H and O–H groups in total. The molecule has 4 aromatic rings. The summed E-state index contributed by atoms with van der Waals surface area (Å²) in [6, 6.07) is 8.71. The number of anilines is 3. The maximum atomic E-state index is 15.2. The number of hydrogen-bond acceptors (Lipinski definition) is 14. The average Bonchev–Trinajstić information content (AvgIpc) is 3.81. The van der Waals surface area contributed by atoms with E-state index in [4.69, 9.17) is 0 Å². The zero-order valence-corrected chi connectivity index (χ0v) is 36.1. The van der Waals surface area contributed by atoms with Gasteiger partial charge in [0.2, 0.25) is 17.8 Å². The topological polar surface area (TPSA) is 181 Å². The van der Waals surface area contributed by atoms with Crippen LogP contribution in [0.4, 0.5) is 34.9 Å². The van der Waals surface area contributed by atoms with Crippen molar-refractivity contribution >= 4 is 52.9 Å². The summed E-state index contributed by atoms with van der Waals surface area (Å²) in [6.45, 7) is 10.5. The molecule has 340 valence electrons. The molecule has 2 aromatic heterocycles. The van der Waals surface area contributed by atoms with E-state index in [2.05, 4.69) is 45.1 Å². The van der Waals surface area contributed by atoms with E-state index < -0.39 is 58.5 Å². The lowest BCUT2D eigenvalue weighted by Crippen LogP contribution is -2.54. The van der Waals surface area contributed by atoms with E-state index in [1.165, 1.54) is 41.2 Å². The zero-order chi connectivity index (χ0) is 45.3. The molecule has 4 aliphatic heterocycles. The number of carbonyl (C=O) groups excluding carboxylic acids is 4. The van der Waals surface area contributed by atoms with E-state index in [0.29, 0.717) is 47.9 Å². The van der Waals surface area contributed by atoms with Gasteiger partial charge in [0.1, 0.15) is 17.4 Å². The predicted molar refractivity (Wildman–Crippen MR) is 229 cm³/mol. The number of amides is 4. The van der Waals surface area contributed by atoms with Crippen LogP contribution in [0, 0.1) is 11.7 Å². The van der Waals surface area contributed by atoms with Crippen molar-refractivity contribution in [3.05, 3.63) is 77.5 Å². The Labute approximate surface area is 370 Å². The van der Waals surface area contributed by atoms with Crippen LogP contribution in [0.2, 0.25) is 0 Å². The van der Waals surface area contributed by atoms with Crippen molar-refractivity contribution in [2.45, 2.75) is 68.8 Å². The molecular weight excluding hydrogens is 859 g/mol. The summed E-state index contributed by atoms with van der Waals surface area (Å²) in [7, 11) is 0. The Morgan fingerprint density at radius 2 is 1.70 bits per heavy atom. The minimum atomic E-state index is -4.75. The quantitative estimate of drug-likeness (QED) is 0.0599. The smallest absolute Gasteiger partial charge is 0.389 e. The monoisotopic (exact) mass is 907 g/mol. The predicted octanol–water partition coefficient (Wildman–Crippen LogP) is 4.54. The van der Waals surface area contributed by atoms with Gasteiger partial charge in [0.15, 0.2) is 0 Å². The number of nitrogens with zero attached hydrogens (tertiary/aromatic N) is 8. The largest absolute Gasteiger partial charge is 0.419 e. The molecule has 64 heavy (non-hydrogen) atoms. The first kappa shape index (κ1) is 45.1. The van der Waals surface area contributed by atoms with Crippen LogP contribution in [-0.2, 0) is 22.3 Å². The van der Waals surface area contributed by atoms with Gasteiger partial charge in [-0.25, -0.2) is 14.4 Å². The second kappa shape index (κ2) is 18.6. The third kappa shape index (κ3) is 10.2. The Bertz CT molecular complexity index is 2410. The number of halogens is 4. The number of hydrogen-bond donors (Lipinski definition) is 4. The van der Waals surface area contributed by atoms with Gasteiger partial charge in [-0.05, 0) is 94.4 Å². The summed E-state index contributed by atoms with van der Waals surface area (Å²) in [4.78, 5) is 67.6. The molecule has 6 heterocycles. The molecule has 0 spiro atoms. The van der Waals surface area contributed by atoms with Gasteiger partial charge in [-0.2, -0.15) is 18.3 Å². The van der Waals surface area contributed by atoms with Gasteiger partial charge in [-0.3, -0.25) is 43.7 Å². The Hall–Kier alpha value is -5.48. The van der Waals surface area contributed by atoms with Gasteiger partial charge >= 0.3 is 6.18 Å². The SMILES string of the molecule is CC(C)(O)Cn1cc(-c2nc(Nc3ccc(SNCCN4CCC(CN5CCN(c6cccc7c6C(=O)N(C6CCC(=O)NC6=O)C7=O)CC5)CC4)cc3F)ncc2C(F)(F)F)cn1. The van der Waals surface area contributed by atoms with Crippen molar-refractivity contribution in [3.8, 4) is 11.3 Å². The number of benzene rings is 2. The molecular formula is C43H49F4N11O5S. The third-order valence-corrected chi connectivity index (χ3v) is 12.7. The van der Waals surface area contributed by atoms with Crippen LogP contribution < -0.4 is 20.3 Å². The average molecular weight is 908 g/mol. The minimum Gasteiger partial charge on any atom is -0.389 e. The van der Waals surface area contributed by atoms with Crippen LogP contribution in [0.3, 0.4) is 0 Å². The fourth-order valence-corrected chi connectivity index (χ4v) is 9.31. The van der Waals surface area contributed by atoms with Crippen LogP contribution >= 0.6 is 11.9 Å². The molecule has 2 aromatic carbocycles. The van der Waals surface area contributed by atoms with Crippen molar-refractivity contribution in [1.29, 1.82) is 0 Å². The second-order valence-corrected chi connectivity index (χ2v) is 18.1. The molecule has 3 fully saturated rings. The van der Waals surface area contributed by atoms with Crippen molar-refractivity contribution in [1.82, 2.24) is 44.5 Å². The molecule has 0 bridgehead atoms. The zero-order valence-electron chi connectivity index (χ0n) is 35.3. The number of aliphatic hydroxyl groups is 1. The molecule has 4 amide bonds. The Morgan fingerprint density at radius 1 is 0.938 bits per heavy atom. The number of likely N-dealkylation sites (tertiary alicyclic amines) is 1. The number of aromatic nitrogens is 4. The fraction of sp³-hybridized carbons (Fsp3) is 0.465. The number of carbonyl (C=O) groups is 4. The molecule has 0 aliphatic carbocycles. The number of imide groups is 2. The van der Waals surface area contributed by atoms with Gasteiger partial charge in [0.25, 0.3) is 11.8 Å². The molecule has 3 saturated heterocycles. The summed E-state index contributed by atoms with van der Waals surface area (Å²) in [5.74, 6) is -2.35. The Kier molecular flexibility index (Phi) is 13.1. The maximum absolute atomic E-state index is 15.2. The van der Waals surface area contributed by atoms with E-state index in [1.54, 1.807) is 32.0 Å². The number of alkyl halides is 3. The molecule has 8 rings (SSSR count). The normalized spacial score (nSPS) is 19.4. The Morgan fingerprint density at radius 3 is 2.41 bits per heavy atom. The highest BCUT2D eigenvalue weighted by molar-refractivity contribution is 7.97. The molecule has 0 radical (unpaired) electrons. The maximum Gasteiger partial charge on any atom is 0.419 e. The van der Waals surface area contributed by atoms with Gasteiger partial charge in [-0.15, -0.1) is 0 Å². The van der Waals surface area contributed by atoms with E-state index in [-0.39, 0.29) is 42.1 Å². The van der Waals surface area contributed by atoms with Gasteiger partial charge in [0.05, 0.1) is 46.5 Å². The Balaban J connectivity index is 0.763. The molecule has 4 aliphatic rings. The first-order valence-electron chi connectivity index (χ1n) is 21.2. The highest BCUT2D eigenvalue weighted by atomic mass is 32.2. The summed E-state index contributed by atoms with van der Waals surface area (Å²) >= 11 is 1.28. The first-order chi connectivity index (χ1) is 30.5. The summed E-state index contributed by atoms with van der Waals surface area (Å²) < 4.78 is 61.5. The van der Waals surface area contributed by atoms with Crippen molar-refractivity contribution in [2.75, 3.05) is 69.1 Å². The van der Waals surface area contributed by atoms with E-state index in [0.717, 1.165) is 57.0 Å². The third-order valence-electron chi connectivity index (χ3n) is 11.8. The van der Waals surface area contributed by atoms with Crippen LogP contribution in [0.1, 0.15) is 65.8 Å². The number of rotatable bonds is 14. The van der Waals surface area contributed by atoms with E-state index >= 15 is 4.39 Å². The highest BCUT2D eigenvalue weighted by Crippen LogP contribution is 2.37. The van der Waals surface area contributed by atoms with Crippen molar-refractivity contribution < 1.29 is 41.8 Å². The molecule has 1 atom stereocenters. The molecule has 21 heteroatoms. The van der Waals surface area contributed by atoms with Gasteiger partial charge in [0, 0.05) is 75.1 Å². The molecule has 1 unspecified atom stereocenters. The van der Waals surface area contributed by atoms with E-state index in [1.807, 2.05) is 6.07 Å². The number of piperidine rings is 2. The van der Waals surface area contributed by atoms with Crippen molar-refractivity contribution in [2.24, 2.45) is 5.92 Å². The standard InChI is InChI=1S/C43H49F4N11O5S/c1-42(2,63)25-57-24-27(21-49-57)37-30(43(45,46)47)22-48-41(53-37)51-32-7-6-28(20-31(32)44)64-50-12-15-54-13-10-26(11-14-54)23-55-16-18-56(19-17-55)33-5-3-4-29-36(33)40(62)58(39(29)61)34-8-9-35(59)52-38(34)60/h3-7,20-22,24,26,34,50,63H,8-19,23,25H2,1-2H3,(H,48,51,53)(H,52,59,60). The number of fused-ring (bicyclic) bond motifs is 1. The van der Waals surface area contributed by atoms with Crippen LogP contribution in [0.5, 0.6) is 0 Å². The van der Waals surface area contributed by atoms with Crippen LogP contribution in [0.15, 0.2) is 59.9 Å². The van der Waals surface area contributed by atoms with Crippen LogP contribution in [0.25, 0.3) is 11.3 Å². The highest BCUT2D eigenvalue weighted by Gasteiger charge is 2.46. The summed E-state index contributed by atoms with van der Waals surface area (Å²) in [5.41, 5.74) is -1.30. The van der Waals surface area contributed by atoms with E-state index in [9.17, 15) is 37.5 Å². The number of nitrogens with one attached hydrogen (secondary N) is 3. The number of piperazine rings is 1. The van der Waals surface area contributed by atoms with Crippen LogP contribution in [-0.4, -0.2) is 134 Å². The van der Waals surface area contributed by atoms with Gasteiger partial charge in [-0.1, -0.05) is 6.07 Å².